The summed E-state index contributed by atoms with van der Waals surface area (Å²) in [6.07, 6.45) is 8.63. The Morgan fingerprint density at radius 1 is 0.750 bits per heavy atom. The minimum Gasteiger partial charge on any atom is -1.00 e. The SMILES string of the molecule is CC1=CC(C)[C]([Zr+2](=[CH]c2ccccc2)[C]2=C(C(C)(C)C)c3cc4c(cc3C2(C)C)Cc2cc3c(cc2-4)C(C(C)(C)C)=CC3(C)C)=C1.[Cl-].[Cl-]. The van der Waals surface area contributed by atoms with E-state index in [4.69, 9.17) is 0 Å². The molecule has 4 aliphatic carbocycles. The zero-order chi connectivity index (χ0) is 33.1. The van der Waals surface area contributed by atoms with Gasteiger partial charge in [0, 0.05) is 0 Å². The van der Waals surface area contributed by atoms with Gasteiger partial charge in [-0.25, -0.2) is 0 Å². The smallest absolute Gasteiger partial charge is 1.00 e. The molecule has 250 valence electrons. The molecule has 4 aliphatic rings. The number of halogens is 2. The van der Waals surface area contributed by atoms with Gasteiger partial charge in [-0.2, -0.15) is 0 Å². The van der Waals surface area contributed by atoms with Crippen LogP contribution in [0.25, 0.3) is 22.3 Å². The van der Waals surface area contributed by atoms with Crippen molar-refractivity contribution in [1.29, 1.82) is 0 Å². The maximum absolute atomic E-state index is 2.75. The van der Waals surface area contributed by atoms with Crippen LogP contribution in [0.5, 0.6) is 0 Å². The minimum absolute atomic E-state index is 0. The van der Waals surface area contributed by atoms with Crippen molar-refractivity contribution in [2.75, 3.05) is 0 Å². The van der Waals surface area contributed by atoms with Crippen molar-refractivity contribution in [3.63, 3.8) is 0 Å². The molecule has 0 radical (unpaired) electrons. The Morgan fingerprint density at radius 2 is 1.33 bits per heavy atom. The summed E-state index contributed by atoms with van der Waals surface area (Å²) < 4.78 is 6.25. The van der Waals surface area contributed by atoms with Gasteiger partial charge in [-0.15, -0.1) is 0 Å². The Morgan fingerprint density at radius 3 is 1.88 bits per heavy atom. The van der Waals surface area contributed by atoms with Gasteiger partial charge < -0.3 is 24.8 Å². The van der Waals surface area contributed by atoms with Crippen LogP contribution in [0.4, 0.5) is 0 Å². The molecule has 0 N–H and O–H groups in total. The molecule has 0 saturated carbocycles. The number of hydrogen-bond acceptors (Lipinski definition) is 0. The average Bonchev–Trinajstić information content (AvgIpc) is 3.63. The topological polar surface area (TPSA) is 0 Å². The summed E-state index contributed by atoms with van der Waals surface area (Å²) in [5, 5.41) is 0. The van der Waals surface area contributed by atoms with Crippen molar-refractivity contribution in [3.05, 3.63) is 124 Å². The fraction of sp³-hybridized carbons (Fsp3) is 0.400. The van der Waals surface area contributed by atoms with Crippen molar-refractivity contribution in [2.45, 2.75) is 100 Å². The number of allylic oxidation sites excluding steroid dienone is 8. The second kappa shape index (κ2) is 12.3. The first kappa shape index (κ1) is 37.2. The third kappa shape index (κ3) is 5.93. The van der Waals surface area contributed by atoms with Gasteiger partial charge in [0.1, 0.15) is 0 Å². The van der Waals surface area contributed by atoms with Crippen molar-refractivity contribution in [2.24, 2.45) is 16.7 Å². The molecule has 3 aromatic carbocycles. The van der Waals surface area contributed by atoms with Crippen LogP contribution < -0.4 is 24.8 Å². The molecule has 1 atom stereocenters. The molecule has 0 nitrogen and oxygen atoms in total. The summed E-state index contributed by atoms with van der Waals surface area (Å²) in [4.78, 5) is 0. The van der Waals surface area contributed by atoms with Crippen LogP contribution in [0, 0.1) is 16.7 Å². The molecule has 0 saturated heterocycles. The van der Waals surface area contributed by atoms with E-state index in [1.807, 2.05) is 0 Å². The normalized spacial score (nSPS) is 19.8. The molecular weight excluding hydrogens is 703 g/mol. The number of rotatable bonds is 3. The van der Waals surface area contributed by atoms with Crippen LogP contribution in [0.15, 0.2) is 85.0 Å². The summed E-state index contributed by atoms with van der Waals surface area (Å²) >= 11 is -2.53. The minimum atomic E-state index is -2.53. The monoisotopic (exact) mass is 752 g/mol. The van der Waals surface area contributed by atoms with Gasteiger partial charge in [-0.3, -0.25) is 0 Å². The Kier molecular flexibility index (Phi) is 9.55. The predicted molar refractivity (Wildman–Crippen MR) is 197 cm³/mol. The van der Waals surface area contributed by atoms with Gasteiger partial charge in [0.2, 0.25) is 0 Å². The van der Waals surface area contributed by atoms with E-state index in [1.165, 1.54) is 55.7 Å². The predicted octanol–water partition coefficient (Wildman–Crippen LogP) is 5.98. The Balaban J connectivity index is 0.00000225. The zero-order valence-corrected chi connectivity index (χ0v) is 35.0. The van der Waals surface area contributed by atoms with Crippen molar-refractivity contribution >= 4 is 14.9 Å². The molecule has 0 fully saturated rings. The first-order valence-corrected chi connectivity index (χ1v) is 21.3. The van der Waals surface area contributed by atoms with E-state index in [0.29, 0.717) is 5.92 Å². The molecule has 3 heteroatoms. The fourth-order valence-corrected chi connectivity index (χ4v) is 18.0. The molecule has 0 aliphatic heterocycles. The first-order chi connectivity index (χ1) is 21.4. The standard InChI is InChI=1S/C31H37.C7H9.C7H6.2ClH.Zr/c1-28(2,3)26-16-30(7,8)24-12-18-11-19-13-25-23(15-21(19)20(18)14-22(24)26)27(29(4,5)6)17-31(25,9)10;1-6-3-4-7(2)5-6;1-7-5-3-2-4-6-7;;;/h12-16H,11H2,1-10H3;3,5,7H,1-2H3;1-6H;2*1H;/q;;;;;+2/p-2. The third-order valence-corrected chi connectivity index (χ3v) is 19.1. The largest absolute Gasteiger partial charge is 1.00 e. The zero-order valence-electron chi connectivity index (χ0n) is 31.0. The fourth-order valence-electron chi connectivity index (χ4n) is 8.98. The summed E-state index contributed by atoms with van der Waals surface area (Å²) in [6.45, 7) is 29.1. The van der Waals surface area contributed by atoms with Crippen molar-refractivity contribution < 1.29 is 46.1 Å². The molecule has 3 aromatic rings. The molecule has 0 aromatic heterocycles. The summed E-state index contributed by atoms with van der Waals surface area (Å²) in [5.41, 5.74) is 18.2. The average molecular weight is 755 g/mol. The summed E-state index contributed by atoms with van der Waals surface area (Å²) in [6, 6.07) is 21.6. The molecule has 0 heterocycles. The Labute approximate surface area is 310 Å². The van der Waals surface area contributed by atoms with Gasteiger partial charge in [-0.1, -0.05) is 0 Å². The number of fused-ring (bicyclic) bond motifs is 5. The molecule has 1 unspecified atom stereocenters. The maximum Gasteiger partial charge on any atom is -1.00 e. The second-order valence-electron chi connectivity index (χ2n) is 17.7. The molecule has 48 heavy (non-hydrogen) atoms. The Hall–Kier alpha value is -2.05. The molecular formula is C45H52Cl2Zr. The molecule has 0 bridgehead atoms. The van der Waals surface area contributed by atoms with E-state index in [2.05, 4.69) is 160 Å². The van der Waals surface area contributed by atoms with Gasteiger partial charge in [0.05, 0.1) is 0 Å². The van der Waals surface area contributed by atoms with Crippen LogP contribution >= 0.6 is 0 Å². The molecule has 0 spiro atoms. The molecule has 0 amide bonds. The quantitative estimate of drug-likeness (QED) is 0.242. The first-order valence-electron chi connectivity index (χ1n) is 17.4. The van der Waals surface area contributed by atoms with Crippen LogP contribution in [0.2, 0.25) is 0 Å². The van der Waals surface area contributed by atoms with E-state index in [0.717, 1.165) is 6.42 Å². The van der Waals surface area contributed by atoms with Crippen LogP contribution in [0.1, 0.15) is 122 Å². The van der Waals surface area contributed by atoms with E-state index in [-0.39, 0.29) is 46.5 Å². The van der Waals surface area contributed by atoms with E-state index < -0.39 is 21.3 Å². The van der Waals surface area contributed by atoms with Gasteiger partial charge >= 0.3 is 288 Å². The summed E-state index contributed by atoms with van der Waals surface area (Å²) in [5.74, 6) is 0.510. The second-order valence-corrected chi connectivity index (χ2v) is 23.1. The van der Waals surface area contributed by atoms with Crippen LogP contribution in [0.3, 0.4) is 0 Å². The maximum atomic E-state index is 2.75. The van der Waals surface area contributed by atoms with Crippen molar-refractivity contribution in [1.82, 2.24) is 0 Å². The van der Waals surface area contributed by atoms with E-state index >= 15 is 0 Å². The van der Waals surface area contributed by atoms with Gasteiger partial charge in [0.15, 0.2) is 0 Å². The Bertz CT molecular complexity index is 1980. The van der Waals surface area contributed by atoms with Gasteiger partial charge in [-0.05, 0) is 0 Å². The molecule has 7 rings (SSSR count). The third-order valence-electron chi connectivity index (χ3n) is 11.1. The van der Waals surface area contributed by atoms with E-state index in [9.17, 15) is 0 Å². The summed E-state index contributed by atoms with van der Waals surface area (Å²) in [7, 11) is 0. The van der Waals surface area contributed by atoms with E-state index in [1.54, 1.807) is 17.7 Å². The number of hydrogen-bond donors (Lipinski definition) is 0. The van der Waals surface area contributed by atoms with Gasteiger partial charge in [0.25, 0.3) is 0 Å². The van der Waals surface area contributed by atoms with Crippen LogP contribution in [-0.2, 0) is 38.5 Å². The van der Waals surface area contributed by atoms with Crippen molar-refractivity contribution in [3.8, 4) is 11.1 Å². The number of benzene rings is 3. The van der Waals surface area contributed by atoms with Crippen LogP contribution in [-0.4, -0.2) is 3.71 Å².